The van der Waals surface area contributed by atoms with Crippen LogP contribution in [0.2, 0.25) is 0 Å². The number of hydrogen-bond acceptors (Lipinski definition) is 2. The van der Waals surface area contributed by atoms with Gasteiger partial charge < -0.3 is 5.32 Å². The van der Waals surface area contributed by atoms with Crippen LogP contribution in [0.15, 0.2) is 0 Å². The average Bonchev–Trinajstić information content (AvgIpc) is 2.12. The number of nitrogens with one attached hydrogen (secondary N) is 1. The first-order chi connectivity index (χ1) is 5.91. The second-order valence-corrected chi connectivity index (χ2v) is 4.47. The molecular weight excluding hydrogens is 160 g/mol. The molecule has 0 aliphatic heterocycles. The Kier molecular flexibility index (Phi) is 5.57. The quantitative estimate of drug-likeness (QED) is 0.706. The first-order valence-corrected chi connectivity index (χ1v) is 5.31. The largest absolute Gasteiger partial charge is 0.316 e. The summed E-state index contributed by atoms with van der Waals surface area (Å²) in [6, 6.07) is 1.78. The minimum Gasteiger partial charge on any atom is -0.316 e. The Morgan fingerprint density at radius 2 is 1.38 bits per heavy atom. The molecule has 0 aliphatic rings. The molecule has 0 aromatic rings. The van der Waals surface area contributed by atoms with Crippen LogP contribution in [0.5, 0.6) is 0 Å². The maximum absolute atomic E-state index is 3.30. The zero-order chi connectivity index (χ0) is 10.6. The highest BCUT2D eigenvalue weighted by atomic mass is 15.2. The molecule has 0 heterocycles. The molecule has 80 valence electrons. The Morgan fingerprint density at radius 3 is 1.69 bits per heavy atom. The summed E-state index contributed by atoms with van der Waals surface area (Å²) in [6.45, 7) is 11.4. The van der Waals surface area contributed by atoms with Gasteiger partial charge in [0.2, 0.25) is 0 Å². The van der Waals surface area contributed by atoms with Gasteiger partial charge in [-0.1, -0.05) is 13.8 Å². The lowest BCUT2D eigenvalue weighted by Crippen LogP contribution is -2.48. The van der Waals surface area contributed by atoms with E-state index in [0.717, 1.165) is 5.92 Å². The predicted octanol–water partition coefficient (Wildman–Crippen LogP) is 1.96. The third-order valence-corrected chi connectivity index (χ3v) is 3.43. The Labute approximate surface area is 83.7 Å². The molecule has 2 nitrogen and oxygen atoms in total. The lowest BCUT2D eigenvalue weighted by Gasteiger charge is -2.36. The van der Waals surface area contributed by atoms with Gasteiger partial charge in [-0.3, -0.25) is 4.90 Å². The third-order valence-electron chi connectivity index (χ3n) is 3.43. The van der Waals surface area contributed by atoms with Crippen LogP contribution >= 0.6 is 0 Å². The molecule has 0 radical (unpaired) electrons. The van der Waals surface area contributed by atoms with Crippen molar-refractivity contribution in [3.8, 4) is 0 Å². The topological polar surface area (TPSA) is 15.3 Å². The molecule has 1 N–H and O–H groups in total. The summed E-state index contributed by atoms with van der Waals surface area (Å²) in [5.74, 6) is 0.719. The summed E-state index contributed by atoms with van der Waals surface area (Å²) in [6.07, 6.45) is 0. The standard InChI is InChI=1S/C11H26N2/c1-8(2)10(4)13(7)11(5)9(3)12-6/h8-12H,1-7H3. The molecule has 13 heavy (non-hydrogen) atoms. The van der Waals surface area contributed by atoms with Crippen LogP contribution < -0.4 is 5.32 Å². The molecule has 0 saturated carbocycles. The molecule has 0 fully saturated rings. The molecule has 2 heteroatoms. The number of rotatable bonds is 5. The highest BCUT2D eigenvalue weighted by molar-refractivity contribution is 4.79. The van der Waals surface area contributed by atoms with E-state index in [1.54, 1.807) is 0 Å². The van der Waals surface area contributed by atoms with E-state index in [9.17, 15) is 0 Å². The number of nitrogens with zero attached hydrogens (tertiary/aromatic N) is 1. The van der Waals surface area contributed by atoms with Crippen molar-refractivity contribution < 1.29 is 0 Å². The van der Waals surface area contributed by atoms with Gasteiger partial charge in [-0.05, 0) is 40.8 Å². The lowest BCUT2D eigenvalue weighted by molar-refractivity contribution is 0.136. The van der Waals surface area contributed by atoms with Crippen LogP contribution in [-0.2, 0) is 0 Å². The number of likely N-dealkylation sites (N-methyl/N-ethyl adjacent to an activating group) is 2. The van der Waals surface area contributed by atoms with E-state index in [4.69, 9.17) is 0 Å². The van der Waals surface area contributed by atoms with E-state index >= 15 is 0 Å². The molecule has 0 spiro atoms. The molecule has 0 rings (SSSR count). The zero-order valence-corrected chi connectivity index (χ0v) is 10.3. The summed E-state index contributed by atoms with van der Waals surface area (Å²) in [4.78, 5) is 2.45. The van der Waals surface area contributed by atoms with Crippen molar-refractivity contribution in [2.24, 2.45) is 5.92 Å². The van der Waals surface area contributed by atoms with Crippen LogP contribution in [0.1, 0.15) is 34.6 Å². The van der Waals surface area contributed by atoms with E-state index in [0.29, 0.717) is 18.1 Å². The van der Waals surface area contributed by atoms with Crippen molar-refractivity contribution in [2.75, 3.05) is 14.1 Å². The Hall–Kier alpha value is -0.0800. The summed E-state index contributed by atoms with van der Waals surface area (Å²) >= 11 is 0. The smallest absolute Gasteiger partial charge is 0.0218 e. The Morgan fingerprint density at radius 1 is 0.923 bits per heavy atom. The zero-order valence-electron chi connectivity index (χ0n) is 10.3. The van der Waals surface area contributed by atoms with Crippen molar-refractivity contribution in [1.29, 1.82) is 0 Å². The SMILES string of the molecule is CNC(C)C(C)N(C)C(C)C(C)C. The predicted molar refractivity (Wildman–Crippen MR) is 60.0 cm³/mol. The monoisotopic (exact) mass is 186 g/mol. The van der Waals surface area contributed by atoms with Gasteiger partial charge in [0.05, 0.1) is 0 Å². The van der Waals surface area contributed by atoms with Gasteiger partial charge in [-0.25, -0.2) is 0 Å². The lowest BCUT2D eigenvalue weighted by atomic mass is 10.0. The van der Waals surface area contributed by atoms with E-state index in [-0.39, 0.29) is 0 Å². The third kappa shape index (κ3) is 3.65. The van der Waals surface area contributed by atoms with Gasteiger partial charge in [-0.15, -0.1) is 0 Å². The fourth-order valence-electron chi connectivity index (χ4n) is 1.44. The molecule has 3 atom stereocenters. The van der Waals surface area contributed by atoms with Crippen LogP contribution in [-0.4, -0.2) is 37.1 Å². The van der Waals surface area contributed by atoms with E-state index in [2.05, 4.69) is 51.9 Å². The number of hydrogen-bond donors (Lipinski definition) is 1. The van der Waals surface area contributed by atoms with Gasteiger partial charge in [0.15, 0.2) is 0 Å². The van der Waals surface area contributed by atoms with Crippen LogP contribution in [0.3, 0.4) is 0 Å². The maximum atomic E-state index is 3.30. The molecular formula is C11H26N2. The van der Waals surface area contributed by atoms with Crippen LogP contribution in [0, 0.1) is 5.92 Å². The molecule has 0 aromatic carbocycles. The van der Waals surface area contributed by atoms with Gasteiger partial charge >= 0.3 is 0 Å². The van der Waals surface area contributed by atoms with E-state index < -0.39 is 0 Å². The van der Waals surface area contributed by atoms with Gasteiger partial charge in [-0.2, -0.15) is 0 Å². The summed E-state index contributed by atoms with van der Waals surface area (Å²) in [7, 11) is 4.23. The fraction of sp³-hybridized carbons (Fsp3) is 1.00. The highest BCUT2D eigenvalue weighted by Crippen LogP contribution is 2.13. The average molecular weight is 186 g/mol. The summed E-state index contributed by atoms with van der Waals surface area (Å²) < 4.78 is 0. The van der Waals surface area contributed by atoms with Crippen molar-refractivity contribution >= 4 is 0 Å². The molecule has 3 unspecified atom stereocenters. The van der Waals surface area contributed by atoms with Gasteiger partial charge in [0.1, 0.15) is 0 Å². The Bertz CT molecular complexity index is 134. The molecule has 0 aromatic heterocycles. The van der Waals surface area contributed by atoms with Crippen LogP contribution in [0.4, 0.5) is 0 Å². The maximum Gasteiger partial charge on any atom is 0.0218 e. The first kappa shape index (κ1) is 12.9. The first-order valence-electron chi connectivity index (χ1n) is 5.31. The normalized spacial score (nSPS) is 19.2. The summed E-state index contributed by atoms with van der Waals surface area (Å²) in [5, 5.41) is 3.30. The van der Waals surface area contributed by atoms with E-state index in [1.807, 2.05) is 7.05 Å². The highest BCUT2D eigenvalue weighted by Gasteiger charge is 2.21. The van der Waals surface area contributed by atoms with Crippen molar-refractivity contribution in [2.45, 2.75) is 52.7 Å². The fourth-order valence-corrected chi connectivity index (χ4v) is 1.44. The molecule has 0 saturated heterocycles. The minimum absolute atomic E-state index is 0.547. The van der Waals surface area contributed by atoms with Crippen molar-refractivity contribution in [3.63, 3.8) is 0 Å². The van der Waals surface area contributed by atoms with Gasteiger partial charge in [0, 0.05) is 18.1 Å². The Balaban J connectivity index is 4.15. The van der Waals surface area contributed by atoms with Crippen molar-refractivity contribution in [1.82, 2.24) is 10.2 Å². The molecule has 0 bridgehead atoms. The van der Waals surface area contributed by atoms with E-state index in [1.165, 1.54) is 0 Å². The van der Waals surface area contributed by atoms with Crippen molar-refractivity contribution in [3.05, 3.63) is 0 Å². The van der Waals surface area contributed by atoms with Gasteiger partial charge in [0.25, 0.3) is 0 Å². The minimum atomic E-state index is 0.547. The second kappa shape index (κ2) is 5.61. The molecule has 0 aliphatic carbocycles. The van der Waals surface area contributed by atoms with Crippen LogP contribution in [0.25, 0.3) is 0 Å². The summed E-state index contributed by atoms with van der Waals surface area (Å²) in [5.41, 5.74) is 0. The molecule has 0 amide bonds. The second-order valence-electron chi connectivity index (χ2n) is 4.47.